The minimum absolute atomic E-state index is 0.0388. The van der Waals surface area contributed by atoms with E-state index in [-0.39, 0.29) is 11.9 Å². The third-order valence-electron chi connectivity index (χ3n) is 3.84. The molecular formula is C15H18N4O. The summed E-state index contributed by atoms with van der Waals surface area (Å²) in [5.74, 6) is 0.698. The van der Waals surface area contributed by atoms with Gasteiger partial charge in [0.2, 0.25) is 11.9 Å². The van der Waals surface area contributed by atoms with Gasteiger partial charge < -0.3 is 10.2 Å². The molecule has 0 unspecified atom stereocenters. The van der Waals surface area contributed by atoms with Gasteiger partial charge >= 0.3 is 0 Å². The first-order valence-corrected chi connectivity index (χ1v) is 6.92. The summed E-state index contributed by atoms with van der Waals surface area (Å²) in [5, 5.41) is 3.78. The van der Waals surface area contributed by atoms with Crippen LogP contribution in [0.1, 0.15) is 18.5 Å². The quantitative estimate of drug-likeness (QED) is 0.901. The molecule has 5 nitrogen and oxygen atoms in total. The second-order valence-corrected chi connectivity index (χ2v) is 5.09. The fourth-order valence-electron chi connectivity index (χ4n) is 2.79. The van der Waals surface area contributed by atoms with Gasteiger partial charge in [-0.1, -0.05) is 18.2 Å². The standard InChI is InChI=1S/C15H18N4O/c1-10-11-6-3-4-7-12(11)18-15(17-10)19-9-5-8-13(19)14(20)16-2/h3-4,6-7,13H,5,8-9H2,1-2H3,(H,16,20)/t13-/m0/s1. The Hall–Kier alpha value is -2.17. The molecule has 0 bridgehead atoms. The number of para-hydroxylation sites is 1. The average Bonchev–Trinajstić information content (AvgIpc) is 2.96. The largest absolute Gasteiger partial charge is 0.357 e. The molecule has 1 aromatic heterocycles. The molecule has 1 N–H and O–H groups in total. The lowest BCUT2D eigenvalue weighted by Gasteiger charge is -2.23. The Morgan fingerprint density at radius 2 is 2.15 bits per heavy atom. The number of aryl methyl sites for hydroxylation is 1. The number of nitrogens with one attached hydrogen (secondary N) is 1. The van der Waals surface area contributed by atoms with Gasteiger partial charge in [-0.25, -0.2) is 9.97 Å². The summed E-state index contributed by atoms with van der Waals surface area (Å²) >= 11 is 0. The molecule has 1 aromatic carbocycles. The number of anilines is 1. The van der Waals surface area contributed by atoms with E-state index >= 15 is 0 Å². The van der Waals surface area contributed by atoms with Crippen LogP contribution in [0.2, 0.25) is 0 Å². The number of carbonyl (C=O) groups excluding carboxylic acids is 1. The maximum atomic E-state index is 11.9. The molecule has 1 saturated heterocycles. The zero-order valence-electron chi connectivity index (χ0n) is 11.8. The maximum Gasteiger partial charge on any atom is 0.242 e. The highest BCUT2D eigenvalue weighted by Gasteiger charge is 2.32. The lowest BCUT2D eigenvalue weighted by atomic mass is 10.2. The summed E-state index contributed by atoms with van der Waals surface area (Å²) in [7, 11) is 1.67. The van der Waals surface area contributed by atoms with Gasteiger partial charge in [0.1, 0.15) is 6.04 Å². The predicted octanol–water partition coefficient (Wildman–Crippen LogP) is 1.65. The number of benzene rings is 1. The monoisotopic (exact) mass is 270 g/mol. The molecule has 1 amide bonds. The minimum atomic E-state index is -0.152. The highest BCUT2D eigenvalue weighted by Crippen LogP contribution is 2.25. The summed E-state index contributed by atoms with van der Waals surface area (Å²) < 4.78 is 0. The molecule has 5 heteroatoms. The summed E-state index contributed by atoms with van der Waals surface area (Å²) in [6.45, 7) is 2.81. The van der Waals surface area contributed by atoms with Crippen LogP contribution in [0, 0.1) is 6.92 Å². The molecule has 1 aliphatic rings. The van der Waals surface area contributed by atoms with E-state index in [0.717, 1.165) is 36.0 Å². The van der Waals surface area contributed by atoms with Crippen molar-refractivity contribution in [3.05, 3.63) is 30.0 Å². The highest BCUT2D eigenvalue weighted by atomic mass is 16.2. The Morgan fingerprint density at radius 3 is 2.95 bits per heavy atom. The zero-order valence-corrected chi connectivity index (χ0v) is 11.8. The summed E-state index contributed by atoms with van der Waals surface area (Å²) in [6, 6.07) is 7.81. The van der Waals surface area contributed by atoms with Crippen molar-refractivity contribution in [3.63, 3.8) is 0 Å². The maximum absolute atomic E-state index is 11.9. The molecule has 20 heavy (non-hydrogen) atoms. The van der Waals surface area contributed by atoms with Crippen LogP contribution in [0.4, 0.5) is 5.95 Å². The van der Waals surface area contributed by atoms with Gasteiger partial charge in [-0.15, -0.1) is 0 Å². The van der Waals surface area contributed by atoms with E-state index in [2.05, 4.69) is 15.3 Å². The number of nitrogens with zero attached hydrogens (tertiary/aromatic N) is 3. The number of amides is 1. The van der Waals surface area contributed by atoms with E-state index in [9.17, 15) is 4.79 Å². The molecular weight excluding hydrogens is 252 g/mol. The van der Waals surface area contributed by atoms with Crippen molar-refractivity contribution in [1.29, 1.82) is 0 Å². The van der Waals surface area contributed by atoms with Crippen molar-refractivity contribution in [2.75, 3.05) is 18.5 Å². The van der Waals surface area contributed by atoms with Gasteiger partial charge in [0.05, 0.1) is 11.2 Å². The first kappa shape index (κ1) is 12.8. The second-order valence-electron chi connectivity index (χ2n) is 5.09. The molecule has 3 rings (SSSR count). The first-order chi connectivity index (χ1) is 9.70. The topological polar surface area (TPSA) is 58.1 Å². The molecule has 0 aliphatic carbocycles. The molecule has 0 saturated carbocycles. The number of aromatic nitrogens is 2. The van der Waals surface area contributed by atoms with Crippen LogP contribution in [0.15, 0.2) is 24.3 Å². The van der Waals surface area contributed by atoms with Crippen molar-refractivity contribution in [2.24, 2.45) is 0 Å². The third-order valence-corrected chi connectivity index (χ3v) is 3.84. The van der Waals surface area contributed by atoms with Gasteiger partial charge in [-0.2, -0.15) is 0 Å². The van der Waals surface area contributed by atoms with E-state index in [1.54, 1.807) is 7.05 Å². The summed E-state index contributed by atoms with van der Waals surface area (Å²) in [6.07, 6.45) is 1.85. The lowest BCUT2D eigenvalue weighted by Crippen LogP contribution is -2.42. The SMILES string of the molecule is CNC(=O)[C@@H]1CCCN1c1nc(C)c2ccccc2n1. The van der Waals surface area contributed by atoms with Crippen LogP contribution in [0.3, 0.4) is 0 Å². The zero-order chi connectivity index (χ0) is 14.1. The molecule has 2 heterocycles. The summed E-state index contributed by atoms with van der Waals surface area (Å²) in [5.41, 5.74) is 1.88. The Bertz CT molecular complexity index is 655. The van der Waals surface area contributed by atoms with Gasteiger partial charge in [-0.05, 0) is 25.8 Å². The molecule has 0 spiro atoms. The number of fused-ring (bicyclic) bond motifs is 1. The fourth-order valence-corrected chi connectivity index (χ4v) is 2.79. The van der Waals surface area contributed by atoms with E-state index in [4.69, 9.17) is 0 Å². The van der Waals surface area contributed by atoms with Gasteiger partial charge in [0.25, 0.3) is 0 Å². The van der Waals surface area contributed by atoms with Crippen molar-refractivity contribution in [2.45, 2.75) is 25.8 Å². The van der Waals surface area contributed by atoms with Gasteiger partial charge in [0, 0.05) is 19.0 Å². The molecule has 104 valence electrons. The van der Waals surface area contributed by atoms with Crippen molar-refractivity contribution in [3.8, 4) is 0 Å². The number of carbonyl (C=O) groups is 1. The minimum Gasteiger partial charge on any atom is -0.357 e. The Morgan fingerprint density at radius 1 is 1.35 bits per heavy atom. The van der Waals surface area contributed by atoms with Crippen LogP contribution in [0.5, 0.6) is 0 Å². The van der Waals surface area contributed by atoms with Gasteiger partial charge in [0.15, 0.2) is 0 Å². The van der Waals surface area contributed by atoms with Crippen molar-refractivity contribution in [1.82, 2.24) is 15.3 Å². The predicted molar refractivity (Wildman–Crippen MR) is 78.7 cm³/mol. The average molecular weight is 270 g/mol. The number of hydrogen-bond acceptors (Lipinski definition) is 4. The molecule has 0 radical (unpaired) electrons. The molecule has 1 atom stereocenters. The van der Waals surface area contributed by atoms with Crippen LogP contribution in [-0.2, 0) is 4.79 Å². The second kappa shape index (κ2) is 5.07. The van der Waals surface area contributed by atoms with Crippen LogP contribution >= 0.6 is 0 Å². The van der Waals surface area contributed by atoms with E-state index in [1.165, 1.54) is 0 Å². The first-order valence-electron chi connectivity index (χ1n) is 6.92. The molecule has 2 aromatic rings. The number of rotatable bonds is 2. The van der Waals surface area contributed by atoms with Crippen LogP contribution in [-0.4, -0.2) is 35.5 Å². The summed E-state index contributed by atoms with van der Waals surface area (Å²) in [4.78, 5) is 23.2. The number of likely N-dealkylation sites (N-methyl/N-ethyl adjacent to an activating group) is 1. The van der Waals surface area contributed by atoms with Crippen molar-refractivity contribution < 1.29 is 4.79 Å². The third kappa shape index (κ3) is 2.09. The molecule has 1 fully saturated rings. The fraction of sp³-hybridized carbons (Fsp3) is 0.400. The van der Waals surface area contributed by atoms with Gasteiger partial charge in [-0.3, -0.25) is 4.79 Å². The Kier molecular flexibility index (Phi) is 3.26. The Balaban J connectivity index is 2.03. The van der Waals surface area contributed by atoms with Crippen LogP contribution in [0.25, 0.3) is 10.9 Å². The van der Waals surface area contributed by atoms with Crippen LogP contribution < -0.4 is 10.2 Å². The van der Waals surface area contributed by atoms with E-state index < -0.39 is 0 Å². The normalized spacial score (nSPS) is 18.5. The molecule has 1 aliphatic heterocycles. The lowest BCUT2D eigenvalue weighted by molar-refractivity contribution is -0.121. The number of hydrogen-bond donors (Lipinski definition) is 1. The highest BCUT2D eigenvalue weighted by molar-refractivity contribution is 5.86. The van der Waals surface area contributed by atoms with Crippen molar-refractivity contribution >= 4 is 22.8 Å². The van der Waals surface area contributed by atoms with E-state index in [1.807, 2.05) is 36.1 Å². The smallest absolute Gasteiger partial charge is 0.242 e. The Labute approximate surface area is 118 Å². The van der Waals surface area contributed by atoms with E-state index in [0.29, 0.717) is 5.95 Å².